The average molecular weight is 588 g/mol. The molecule has 40 heavy (non-hydrogen) atoms. The second kappa shape index (κ2) is 12.4. The van der Waals surface area contributed by atoms with Gasteiger partial charge in [-0.25, -0.2) is 4.39 Å². The van der Waals surface area contributed by atoms with Crippen molar-refractivity contribution in [2.45, 2.75) is 18.6 Å². The summed E-state index contributed by atoms with van der Waals surface area (Å²) in [7, 11) is 1.48. The Morgan fingerprint density at radius 2 is 1.50 bits per heavy atom. The third-order valence-electron chi connectivity index (χ3n) is 6.40. The van der Waals surface area contributed by atoms with E-state index in [9.17, 15) is 28.7 Å². The first-order valence-electron chi connectivity index (χ1n) is 12.1. The van der Waals surface area contributed by atoms with Crippen LogP contribution in [0.5, 0.6) is 5.75 Å². The molecule has 1 aliphatic heterocycles. The Labute approximate surface area is 239 Å². The lowest BCUT2D eigenvalue weighted by molar-refractivity contribution is -0.138. The Hall–Kier alpha value is -4.15. The molecular weight excluding hydrogens is 564 g/mol. The van der Waals surface area contributed by atoms with Crippen LogP contribution in [-0.2, 0) is 9.59 Å². The standard InChI is InChI=1S/C28H24Cl2FN3O6/c1-40-20-9-4-17(5-10-20)27(38)33-12-13-34(28(39)18-6-11-21(29)22(30)14-18)26(33)25(37)32-23(15-24(35)36)16-2-7-19(31)8-3-16/h2-11,14,23,26H,12-13,15H2,1H3,(H,32,37)(H,35,36). The molecule has 1 fully saturated rings. The number of hydrogen-bond acceptors (Lipinski definition) is 5. The van der Waals surface area contributed by atoms with E-state index in [1.807, 2.05) is 0 Å². The van der Waals surface area contributed by atoms with Gasteiger partial charge in [0.2, 0.25) is 0 Å². The van der Waals surface area contributed by atoms with Gasteiger partial charge in [0.1, 0.15) is 11.6 Å². The largest absolute Gasteiger partial charge is 0.497 e. The van der Waals surface area contributed by atoms with Gasteiger partial charge in [0.15, 0.2) is 6.17 Å². The highest BCUT2D eigenvalue weighted by atomic mass is 35.5. The topological polar surface area (TPSA) is 116 Å². The number of rotatable bonds is 8. The first kappa shape index (κ1) is 28.8. The maximum Gasteiger partial charge on any atom is 0.305 e. The van der Waals surface area contributed by atoms with Gasteiger partial charge in [0, 0.05) is 24.2 Å². The molecule has 2 atom stereocenters. The highest BCUT2D eigenvalue weighted by molar-refractivity contribution is 6.42. The average Bonchev–Trinajstić information content (AvgIpc) is 3.39. The van der Waals surface area contributed by atoms with Crippen LogP contribution in [0, 0.1) is 5.82 Å². The Kier molecular flexibility index (Phi) is 8.91. The van der Waals surface area contributed by atoms with Crippen molar-refractivity contribution in [3.63, 3.8) is 0 Å². The van der Waals surface area contributed by atoms with Crippen molar-refractivity contribution in [1.82, 2.24) is 15.1 Å². The molecule has 0 aliphatic carbocycles. The highest BCUT2D eigenvalue weighted by Crippen LogP contribution is 2.27. The van der Waals surface area contributed by atoms with Crippen LogP contribution >= 0.6 is 23.2 Å². The molecule has 12 heteroatoms. The fourth-order valence-electron chi connectivity index (χ4n) is 4.40. The van der Waals surface area contributed by atoms with Gasteiger partial charge in [-0.3, -0.25) is 19.2 Å². The minimum Gasteiger partial charge on any atom is -0.497 e. The molecule has 1 heterocycles. The van der Waals surface area contributed by atoms with Gasteiger partial charge < -0.3 is 25.0 Å². The van der Waals surface area contributed by atoms with Crippen LogP contribution in [0.25, 0.3) is 0 Å². The highest BCUT2D eigenvalue weighted by Gasteiger charge is 2.44. The van der Waals surface area contributed by atoms with Crippen LogP contribution in [0.3, 0.4) is 0 Å². The lowest BCUT2D eigenvalue weighted by Crippen LogP contribution is -2.54. The Balaban J connectivity index is 1.69. The molecule has 1 saturated heterocycles. The molecule has 9 nitrogen and oxygen atoms in total. The van der Waals surface area contributed by atoms with Crippen LogP contribution in [0.2, 0.25) is 10.0 Å². The zero-order chi connectivity index (χ0) is 29.0. The Morgan fingerprint density at radius 1 is 0.925 bits per heavy atom. The van der Waals surface area contributed by atoms with E-state index in [1.165, 1.54) is 59.4 Å². The van der Waals surface area contributed by atoms with Gasteiger partial charge in [-0.1, -0.05) is 35.3 Å². The van der Waals surface area contributed by atoms with E-state index in [0.29, 0.717) is 11.3 Å². The maximum absolute atomic E-state index is 13.8. The summed E-state index contributed by atoms with van der Waals surface area (Å²) in [6.45, 7) is 0.0371. The predicted octanol–water partition coefficient (Wildman–Crippen LogP) is 4.40. The summed E-state index contributed by atoms with van der Waals surface area (Å²) in [4.78, 5) is 54.9. The van der Waals surface area contributed by atoms with E-state index in [4.69, 9.17) is 27.9 Å². The fraction of sp³-hybridized carbons (Fsp3) is 0.214. The summed E-state index contributed by atoms with van der Waals surface area (Å²) >= 11 is 12.1. The number of methoxy groups -OCH3 is 1. The first-order valence-corrected chi connectivity index (χ1v) is 12.8. The summed E-state index contributed by atoms with van der Waals surface area (Å²) in [6, 6.07) is 14.4. The SMILES string of the molecule is COc1ccc(C(=O)N2CCN(C(=O)c3ccc(Cl)c(Cl)c3)C2C(=O)NC(CC(=O)O)c2ccc(F)cc2)cc1. The van der Waals surface area contributed by atoms with Gasteiger partial charge in [-0.05, 0) is 60.2 Å². The molecule has 0 aromatic heterocycles. The van der Waals surface area contributed by atoms with E-state index in [-0.39, 0.29) is 34.3 Å². The number of carboxylic acids is 1. The summed E-state index contributed by atoms with van der Waals surface area (Å²) in [5.41, 5.74) is 0.736. The predicted molar refractivity (Wildman–Crippen MR) is 145 cm³/mol. The van der Waals surface area contributed by atoms with Crippen LogP contribution in [0.1, 0.15) is 38.7 Å². The van der Waals surface area contributed by atoms with Gasteiger partial charge in [-0.15, -0.1) is 0 Å². The minimum atomic E-state index is -1.42. The Bertz CT molecular complexity index is 1430. The molecular formula is C28H24Cl2FN3O6. The van der Waals surface area contributed by atoms with Gasteiger partial charge in [0.25, 0.3) is 17.7 Å². The number of ether oxygens (including phenoxy) is 1. The molecule has 3 amide bonds. The number of aliphatic carboxylic acids is 1. The van der Waals surface area contributed by atoms with Gasteiger partial charge in [0.05, 0.1) is 29.6 Å². The molecule has 0 radical (unpaired) electrons. The molecule has 2 N–H and O–H groups in total. The van der Waals surface area contributed by atoms with Crippen molar-refractivity contribution in [3.05, 3.63) is 99.3 Å². The van der Waals surface area contributed by atoms with Crippen molar-refractivity contribution in [2.75, 3.05) is 20.2 Å². The van der Waals surface area contributed by atoms with E-state index < -0.39 is 48.1 Å². The zero-order valence-corrected chi connectivity index (χ0v) is 22.7. The molecule has 0 spiro atoms. The number of carboxylic acid groups (broad SMARTS) is 1. The van der Waals surface area contributed by atoms with Gasteiger partial charge in [-0.2, -0.15) is 0 Å². The van der Waals surface area contributed by atoms with E-state index in [0.717, 1.165) is 12.1 Å². The minimum absolute atomic E-state index is 0.0131. The van der Waals surface area contributed by atoms with Crippen molar-refractivity contribution in [2.24, 2.45) is 0 Å². The lowest BCUT2D eigenvalue weighted by atomic mass is 10.0. The number of carbonyl (C=O) groups excluding carboxylic acids is 3. The second-order valence-corrected chi connectivity index (χ2v) is 9.75. The van der Waals surface area contributed by atoms with Gasteiger partial charge >= 0.3 is 5.97 Å². The van der Waals surface area contributed by atoms with Crippen molar-refractivity contribution < 1.29 is 33.4 Å². The third-order valence-corrected chi connectivity index (χ3v) is 7.14. The van der Waals surface area contributed by atoms with E-state index >= 15 is 0 Å². The molecule has 0 saturated carbocycles. The first-order chi connectivity index (χ1) is 19.1. The lowest BCUT2D eigenvalue weighted by Gasteiger charge is -2.31. The quantitative estimate of drug-likeness (QED) is 0.403. The molecule has 0 bridgehead atoms. The van der Waals surface area contributed by atoms with Crippen molar-refractivity contribution in [1.29, 1.82) is 0 Å². The number of benzene rings is 3. The number of nitrogens with one attached hydrogen (secondary N) is 1. The Morgan fingerprint density at radius 3 is 2.05 bits per heavy atom. The summed E-state index contributed by atoms with van der Waals surface area (Å²) in [6.07, 6.45) is -1.94. The van der Waals surface area contributed by atoms with Crippen molar-refractivity contribution >= 4 is 46.9 Å². The molecule has 3 aromatic carbocycles. The third kappa shape index (κ3) is 6.35. The van der Waals surface area contributed by atoms with E-state index in [1.54, 1.807) is 12.1 Å². The molecule has 3 aromatic rings. The second-order valence-electron chi connectivity index (χ2n) is 8.94. The van der Waals surface area contributed by atoms with Crippen LogP contribution in [0.4, 0.5) is 4.39 Å². The number of halogens is 3. The van der Waals surface area contributed by atoms with Crippen molar-refractivity contribution in [3.8, 4) is 5.75 Å². The molecule has 2 unspecified atom stereocenters. The molecule has 1 aliphatic rings. The number of amides is 3. The zero-order valence-electron chi connectivity index (χ0n) is 21.1. The maximum atomic E-state index is 13.8. The number of nitrogens with zero attached hydrogens (tertiary/aromatic N) is 2. The smallest absolute Gasteiger partial charge is 0.305 e. The summed E-state index contributed by atoms with van der Waals surface area (Å²) < 4.78 is 18.6. The number of hydrogen-bond donors (Lipinski definition) is 2. The van der Waals surface area contributed by atoms with E-state index in [2.05, 4.69) is 5.32 Å². The molecule has 4 rings (SSSR count). The molecule has 208 valence electrons. The van der Waals surface area contributed by atoms with Crippen LogP contribution in [-0.4, -0.2) is 65.0 Å². The number of carbonyl (C=O) groups is 4. The monoisotopic (exact) mass is 587 g/mol. The summed E-state index contributed by atoms with van der Waals surface area (Å²) in [5.74, 6) is -3.11. The van der Waals surface area contributed by atoms with Crippen LogP contribution < -0.4 is 10.1 Å². The fourth-order valence-corrected chi connectivity index (χ4v) is 4.70. The summed E-state index contributed by atoms with van der Waals surface area (Å²) in [5, 5.41) is 12.5. The van der Waals surface area contributed by atoms with Crippen LogP contribution in [0.15, 0.2) is 66.7 Å². The normalized spacial score (nSPS) is 15.4.